The van der Waals surface area contributed by atoms with E-state index in [9.17, 15) is 24.3 Å². The minimum absolute atomic E-state index is 0.305. The summed E-state index contributed by atoms with van der Waals surface area (Å²) in [6, 6.07) is 4.72. The molecule has 144 valence electrons. The number of likely N-dealkylation sites (tertiary alicyclic amines) is 1. The van der Waals surface area contributed by atoms with Gasteiger partial charge in [-0.2, -0.15) is 0 Å². The number of aliphatic carboxylic acids is 1. The highest BCUT2D eigenvalue weighted by Crippen LogP contribution is 2.24. The highest BCUT2D eigenvalue weighted by molar-refractivity contribution is 5.87. The van der Waals surface area contributed by atoms with E-state index in [2.05, 4.69) is 4.98 Å². The first-order valence-corrected chi connectivity index (χ1v) is 9.22. The number of aromatic nitrogens is 2. The predicted octanol–water partition coefficient (Wildman–Crippen LogP) is 1.50. The van der Waals surface area contributed by atoms with Crippen molar-refractivity contribution >= 4 is 22.8 Å². The number of para-hydroxylation sites is 1. The van der Waals surface area contributed by atoms with Crippen molar-refractivity contribution in [3.05, 3.63) is 45.1 Å². The van der Waals surface area contributed by atoms with E-state index in [0.717, 1.165) is 11.0 Å². The summed E-state index contributed by atoms with van der Waals surface area (Å²) in [5, 5.41) is 9.70. The fraction of sp³-hybridized carbons (Fsp3) is 0.474. The van der Waals surface area contributed by atoms with Gasteiger partial charge in [-0.15, -0.1) is 0 Å². The number of aromatic amines is 1. The van der Waals surface area contributed by atoms with Gasteiger partial charge in [0.15, 0.2) is 0 Å². The molecule has 0 bridgehead atoms. The quantitative estimate of drug-likeness (QED) is 0.797. The second-order valence-corrected chi connectivity index (χ2v) is 6.84. The summed E-state index contributed by atoms with van der Waals surface area (Å²) in [5.74, 6) is -1.54. The van der Waals surface area contributed by atoms with Crippen LogP contribution in [0.2, 0.25) is 0 Å². The molecule has 1 saturated heterocycles. The number of carbonyl (C=O) groups is 2. The number of rotatable bonds is 6. The Bertz CT molecular complexity index is 977. The molecule has 2 heterocycles. The molecule has 2 atom stereocenters. The molecule has 2 N–H and O–H groups in total. The number of carboxylic acids is 1. The normalized spacial score (nSPS) is 18.0. The molecule has 1 amide bonds. The zero-order valence-corrected chi connectivity index (χ0v) is 15.2. The molecule has 27 heavy (non-hydrogen) atoms. The topological polar surface area (TPSA) is 112 Å². The Labute approximate surface area is 155 Å². The monoisotopic (exact) mass is 373 g/mol. The number of fused-ring (bicyclic) bond motifs is 1. The number of hydrogen-bond acceptors (Lipinski definition) is 4. The Morgan fingerprint density at radius 1 is 1.30 bits per heavy atom. The van der Waals surface area contributed by atoms with E-state index in [1.807, 2.05) is 6.92 Å². The van der Waals surface area contributed by atoms with Crippen LogP contribution >= 0.6 is 0 Å². The van der Waals surface area contributed by atoms with Gasteiger partial charge in [0, 0.05) is 6.54 Å². The fourth-order valence-electron chi connectivity index (χ4n) is 3.70. The van der Waals surface area contributed by atoms with Crippen LogP contribution in [-0.4, -0.2) is 44.0 Å². The lowest BCUT2D eigenvalue weighted by Gasteiger charge is -2.27. The SMILES string of the molecule is CCCC[C@@H](C(=O)N1CCC[C@@H]1C(=O)O)n1c(=O)[nH]c2ccccc2c1=O. The molecule has 3 rings (SSSR count). The number of nitrogens with zero attached hydrogens (tertiary/aromatic N) is 2. The Morgan fingerprint density at radius 2 is 2.04 bits per heavy atom. The zero-order valence-electron chi connectivity index (χ0n) is 15.2. The second-order valence-electron chi connectivity index (χ2n) is 6.84. The van der Waals surface area contributed by atoms with Crippen molar-refractivity contribution in [2.24, 2.45) is 0 Å². The van der Waals surface area contributed by atoms with E-state index in [0.29, 0.717) is 43.1 Å². The molecule has 1 aliphatic rings. The lowest BCUT2D eigenvalue weighted by Crippen LogP contribution is -2.49. The Balaban J connectivity index is 2.09. The average Bonchev–Trinajstić information content (AvgIpc) is 3.14. The van der Waals surface area contributed by atoms with Gasteiger partial charge in [0.05, 0.1) is 10.9 Å². The molecule has 0 radical (unpaired) electrons. The molecule has 0 saturated carbocycles. The van der Waals surface area contributed by atoms with Gasteiger partial charge in [0.2, 0.25) is 5.91 Å². The number of carboxylic acid groups (broad SMARTS) is 1. The number of amides is 1. The van der Waals surface area contributed by atoms with Crippen molar-refractivity contribution in [3.8, 4) is 0 Å². The van der Waals surface area contributed by atoms with Gasteiger partial charge >= 0.3 is 11.7 Å². The van der Waals surface area contributed by atoms with Crippen LogP contribution in [0.1, 0.15) is 45.1 Å². The predicted molar refractivity (Wildman–Crippen MR) is 99.8 cm³/mol. The third kappa shape index (κ3) is 3.51. The van der Waals surface area contributed by atoms with Crippen LogP contribution in [0.25, 0.3) is 10.9 Å². The molecule has 8 nitrogen and oxygen atoms in total. The maximum atomic E-state index is 13.2. The number of carbonyl (C=O) groups excluding carboxylic acids is 1. The van der Waals surface area contributed by atoms with Crippen molar-refractivity contribution in [2.75, 3.05) is 6.54 Å². The molecule has 1 aliphatic heterocycles. The summed E-state index contributed by atoms with van der Waals surface area (Å²) in [6.07, 6.45) is 2.70. The Hall–Kier alpha value is -2.90. The number of H-pyrrole nitrogens is 1. The fourth-order valence-corrected chi connectivity index (χ4v) is 3.70. The summed E-state index contributed by atoms with van der Waals surface area (Å²) in [7, 11) is 0. The van der Waals surface area contributed by atoms with E-state index in [-0.39, 0.29) is 0 Å². The molecular weight excluding hydrogens is 350 g/mol. The van der Waals surface area contributed by atoms with Crippen LogP contribution in [-0.2, 0) is 9.59 Å². The van der Waals surface area contributed by atoms with Gasteiger partial charge in [-0.3, -0.25) is 9.59 Å². The van der Waals surface area contributed by atoms with Crippen molar-refractivity contribution in [1.29, 1.82) is 0 Å². The number of benzene rings is 1. The molecular formula is C19H23N3O5. The van der Waals surface area contributed by atoms with Gasteiger partial charge < -0.3 is 15.0 Å². The van der Waals surface area contributed by atoms with E-state index in [1.54, 1.807) is 24.3 Å². The summed E-state index contributed by atoms with van der Waals surface area (Å²) >= 11 is 0. The first kappa shape index (κ1) is 18.9. The van der Waals surface area contributed by atoms with Gasteiger partial charge in [-0.1, -0.05) is 31.9 Å². The van der Waals surface area contributed by atoms with Crippen LogP contribution in [0, 0.1) is 0 Å². The van der Waals surface area contributed by atoms with Crippen molar-refractivity contribution in [3.63, 3.8) is 0 Å². The molecule has 2 aromatic rings. The second kappa shape index (κ2) is 7.77. The van der Waals surface area contributed by atoms with Crippen molar-refractivity contribution < 1.29 is 14.7 Å². The number of hydrogen-bond donors (Lipinski definition) is 2. The maximum absolute atomic E-state index is 13.2. The molecule has 0 spiro atoms. The van der Waals surface area contributed by atoms with E-state index >= 15 is 0 Å². The molecule has 1 aromatic heterocycles. The van der Waals surface area contributed by atoms with Crippen LogP contribution in [0.15, 0.2) is 33.9 Å². The average molecular weight is 373 g/mol. The van der Waals surface area contributed by atoms with Crippen molar-refractivity contribution in [1.82, 2.24) is 14.5 Å². The summed E-state index contributed by atoms with van der Waals surface area (Å²) in [4.78, 5) is 54.1. The number of unbranched alkanes of at least 4 members (excludes halogenated alkanes) is 1. The third-order valence-corrected chi connectivity index (χ3v) is 5.09. The molecule has 1 fully saturated rings. The zero-order chi connectivity index (χ0) is 19.6. The van der Waals surface area contributed by atoms with Gasteiger partial charge in [-0.05, 0) is 31.4 Å². The standard InChI is InChI=1S/C19H23N3O5/c1-2-3-9-14(17(24)21-11-6-10-15(21)18(25)26)22-16(23)12-7-4-5-8-13(12)20-19(22)27/h4-5,7-8,14-15H,2-3,6,9-11H2,1H3,(H,20,27)(H,25,26)/t14-,15+/m0/s1. The Morgan fingerprint density at radius 3 is 2.74 bits per heavy atom. The van der Waals surface area contributed by atoms with Crippen LogP contribution in [0.5, 0.6) is 0 Å². The summed E-state index contributed by atoms with van der Waals surface area (Å²) in [6.45, 7) is 2.27. The van der Waals surface area contributed by atoms with Crippen LogP contribution < -0.4 is 11.2 Å². The number of nitrogens with one attached hydrogen (secondary N) is 1. The first-order chi connectivity index (χ1) is 13.0. The first-order valence-electron chi connectivity index (χ1n) is 9.22. The van der Waals surface area contributed by atoms with E-state index in [4.69, 9.17) is 0 Å². The van der Waals surface area contributed by atoms with Crippen LogP contribution in [0.3, 0.4) is 0 Å². The largest absolute Gasteiger partial charge is 0.480 e. The highest BCUT2D eigenvalue weighted by Gasteiger charge is 2.38. The summed E-state index contributed by atoms with van der Waals surface area (Å²) in [5.41, 5.74) is -0.774. The third-order valence-electron chi connectivity index (χ3n) is 5.09. The minimum Gasteiger partial charge on any atom is -0.480 e. The van der Waals surface area contributed by atoms with E-state index < -0.39 is 35.2 Å². The highest BCUT2D eigenvalue weighted by atomic mass is 16.4. The van der Waals surface area contributed by atoms with Crippen molar-refractivity contribution in [2.45, 2.75) is 51.1 Å². The lowest BCUT2D eigenvalue weighted by atomic mass is 10.1. The lowest BCUT2D eigenvalue weighted by molar-refractivity contribution is -0.149. The van der Waals surface area contributed by atoms with Gasteiger partial charge in [0.25, 0.3) is 5.56 Å². The minimum atomic E-state index is -1.06. The smallest absolute Gasteiger partial charge is 0.329 e. The van der Waals surface area contributed by atoms with Crippen LogP contribution in [0.4, 0.5) is 0 Å². The molecule has 0 aliphatic carbocycles. The Kier molecular flexibility index (Phi) is 5.43. The van der Waals surface area contributed by atoms with Gasteiger partial charge in [0.1, 0.15) is 12.1 Å². The molecule has 0 unspecified atom stereocenters. The van der Waals surface area contributed by atoms with Gasteiger partial charge in [-0.25, -0.2) is 14.2 Å². The summed E-state index contributed by atoms with van der Waals surface area (Å²) < 4.78 is 0.956. The molecule has 8 heteroatoms. The molecule has 1 aromatic carbocycles. The maximum Gasteiger partial charge on any atom is 0.329 e. The van der Waals surface area contributed by atoms with E-state index in [1.165, 1.54) is 4.90 Å².